The maximum atomic E-state index is 13.8. The number of aromatic hydroxyl groups is 1. The Hall–Kier alpha value is -3.40. The summed E-state index contributed by atoms with van der Waals surface area (Å²) in [4.78, 5) is 0. The van der Waals surface area contributed by atoms with E-state index in [1.807, 2.05) is 4.68 Å². The Morgan fingerprint density at radius 2 is 1.78 bits per heavy atom. The third-order valence-electron chi connectivity index (χ3n) is 5.91. The number of fused-ring (bicyclic) bond motifs is 1. The summed E-state index contributed by atoms with van der Waals surface area (Å²) in [5.74, 6) is -0.592. The van der Waals surface area contributed by atoms with E-state index in [9.17, 15) is 9.50 Å². The first-order valence-electron chi connectivity index (χ1n) is 10.5. The fraction of sp³-hybridized carbons (Fsp3) is 0.409. The van der Waals surface area contributed by atoms with Gasteiger partial charge in [-0.2, -0.15) is 9.49 Å². The molecule has 1 aromatic carbocycles. The van der Waals surface area contributed by atoms with Crippen molar-refractivity contribution in [2.45, 2.75) is 57.7 Å². The Kier molecular flexibility index (Phi) is 4.52. The maximum absolute atomic E-state index is 13.8. The Balaban J connectivity index is 1.49. The summed E-state index contributed by atoms with van der Waals surface area (Å²) in [5, 5.41) is 37.6. The van der Waals surface area contributed by atoms with Crippen LogP contribution in [-0.4, -0.2) is 51.6 Å². The van der Waals surface area contributed by atoms with Crippen LogP contribution >= 0.6 is 0 Å². The van der Waals surface area contributed by atoms with E-state index in [2.05, 4.69) is 63.7 Å². The van der Waals surface area contributed by atoms with Gasteiger partial charge in [-0.15, -0.1) is 15.3 Å². The number of benzene rings is 1. The number of hydrogen-bond acceptors (Lipinski definition) is 7. The number of rotatable bonds is 3. The first-order chi connectivity index (χ1) is 15.1. The third kappa shape index (κ3) is 3.60. The van der Waals surface area contributed by atoms with Gasteiger partial charge in [-0.05, 0) is 64.3 Å². The van der Waals surface area contributed by atoms with Gasteiger partial charge in [0.05, 0.1) is 23.5 Å². The van der Waals surface area contributed by atoms with Gasteiger partial charge in [0.2, 0.25) is 11.6 Å². The summed E-state index contributed by atoms with van der Waals surface area (Å²) in [5.41, 5.74) is 2.87. The molecule has 0 aliphatic carbocycles. The molecular formula is C22H25FN8O. The lowest BCUT2D eigenvalue weighted by atomic mass is 9.80. The lowest BCUT2D eigenvalue weighted by molar-refractivity contribution is 0.127. The number of piperidine rings is 1. The Morgan fingerprint density at radius 1 is 1.03 bits per heavy atom. The van der Waals surface area contributed by atoms with Crippen LogP contribution in [0.4, 0.5) is 4.39 Å². The molecule has 32 heavy (non-hydrogen) atoms. The molecule has 0 radical (unpaired) electrons. The highest BCUT2D eigenvalue weighted by Gasteiger charge is 2.39. The summed E-state index contributed by atoms with van der Waals surface area (Å²) >= 11 is 0. The number of phenols is 1. The van der Waals surface area contributed by atoms with Crippen LogP contribution in [0.3, 0.4) is 0 Å². The van der Waals surface area contributed by atoms with E-state index in [0.717, 1.165) is 12.8 Å². The van der Waals surface area contributed by atoms with Crippen LogP contribution < -0.4 is 5.32 Å². The van der Waals surface area contributed by atoms with E-state index in [1.165, 1.54) is 12.3 Å². The Morgan fingerprint density at radius 3 is 2.44 bits per heavy atom. The van der Waals surface area contributed by atoms with Crippen LogP contribution in [0.1, 0.15) is 46.6 Å². The minimum atomic E-state index is -0.556. The molecule has 1 fully saturated rings. The zero-order valence-electron chi connectivity index (χ0n) is 18.4. The normalized spacial score (nSPS) is 18.3. The molecule has 0 spiro atoms. The number of aromatic nitrogens is 7. The van der Waals surface area contributed by atoms with Gasteiger partial charge in [-0.25, -0.2) is 4.68 Å². The first kappa shape index (κ1) is 20.5. The molecule has 10 heteroatoms. The highest BCUT2D eigenvalue weighted by Crippen LogP contribution is 2.37. The molecule has 5 rings (SSSR count). The van der Waals surface area contributed by atoms with Gasteiger partial charge in [0.1, 0.15) is 11.3 Å². The van der Waals surface area contributed by atoms with Crippen molar-refractivity contribution in [3.63, 3.8) is 0 Å². The van der Waals surface area contributed by atoms with Crippen molar-refractivity contribution < 1.29 is 9.50 Å². The molecule has 0 amide bonds. The van der Waals surface area contributed by atoms with Gasteiger partial charge in [-0.1, -0.05) is 11.3 Å². The quantitative estimate of drug-likeness (QED) is 0.449. The molecule has 3 N–H and O–H groups in total. The highest BCUT2D eigenvalue weighted by atomic mass is 19.1. The smallest absolute Gasteiger partial charge is 0.216 e. The van der Waals surface area contributed by atoms with Crippen molar-refractivity contribution in [2.24, 2.45) is 0 Å². The second-order valence-electron chi connectivity index (χ2n) is 9.76. The molecule has 4 aromatic rings. The number of phenolic OH excluding ortho intramolecular Hbond substituents is 1. The molecule has 0 atom stereocenters. The third-order valence-corrected chi connectivity index (χ3v) is 5.91. The zero-order valence-corrected chi connectivity index (χ0v) is 18.4. The number of aromatic amines is 1. The molecule has 1 aliphatic heterocycles. The molecule has 9 nitrogen and oxygen atoms in total. The van der Waals surface area contributed by atoms with E-state index in [0.29, 0.717) is 28.0 Å². The molecule has 4 heterocycles. The van der Waals surface area contributed by atoms with E-state index in [1.54, 1.807) is 18.2 Å². The topological polar surface area (TPSA) is 117 Å². The molecule has 0 saturated carbocycles. The van der Waals surface area contributed by atoms with Crippen molar-refractivity contribution in [3.8, 4) is 28.1 Å². The Bertz CT molecular complexity index is 1290. The van der Waals surface area contributed by atoms with Crippen LogP contribution in [0.25, 0.3) is 33.5 Å². The van der Waals surface area contributed by atoms with E-state index in [-0.39, 0.29) is 28.4 Å². The van der Waals surface area contributed by atoms with Gasteiger partial charge < -0.3 is 10.4 Å². The first-order valence-corrected chi connectivity index (χ1v) is 10.5. The van der Waals surface area contributed by atoms with Gasteiger partial charge in [0, 0.05) is 16.6 Å². The molecular weight excluding hydrogens is 411 g/mol. The van der Waals surface area contributed by atoms with Gasteiger partial charge in [0.25, 0.3) is 0 Å². The van der Waals surface area contributed by atoms with E-state index in [4.69, 9.17) is 0 Å². The number of nitrogens with one attached hydrogen (secondary N) is 2. The summed E-state index contributed by atoms with van der Waals surface area (Å²) in [6.45, 7) is 8.74. The molecule has 0 unspecified atom stereocenters. The SMILES string of the molecule is CC1(C)CC(n2nnc3cc(-c4ccc(-c5cn[nH]c5F)cc4O)nnc32)CC(C)(C)N1. The van der Waals surface area contributed by atoms with Gasteiger partial charge in [0.15, 0.2) is 0 Å². The molecule has 0 bridgehead atoms. The number of H-pyrrole nitrogens is 1. The number of halogens is 1. The highest BCUT2D eigenvalue weighted by molar-refractivity contribution is 5.79. The largest absolute Gasteiger partial charge is 0.507 e. The molecule has 1 aliphatic rings. The van der Waals surface area contributed by atoms with Crippen molar-refractivity contribution in [1.29, 1.82) is 0 Å². The van der Waals surface area contributed by atoms with Crippen molar-refractivity contribution in [1.82, 2.24) is 40.7 Å². The summed E-state index contributed by atoms with van der Waals surface area (Å²) < 4.78 is 15.6. The van der Waals surface area contributed by atoms with E-state index < -0.39 is 5.95 Å². The second-order valence-corrected chi connectivity index (χ2v) is 9.76. The standard InChI is InChI=1S/C22H25FN8O/c1-21(2)9-13(10-22(3,4)29-21)31-20-17(26-30-31)8-16(25-28-20)14-6-5-12(7-18(14)32)15-11-24-27-19(15)23/h5-8,11,13,29,32H,9-10H2,1-4H3,(H,24,27). The average molecular weight is 436 g/mol. The number of nitrogens with zero attached hydrogens (tertiary/aromatic N) is 6. The minimum absolute atomic E-state index is 0.0361. The number of hydrogen-bond donors (Lipinski definition) is 3. The predicted octanol–water partition coefficient (Wildman–Crippen LogP) is 3.60. The molecule has 3 aromatic heterocycles. The van der Waals surface area contributed by atoms with Crippen molar-refractivity contribution >= 4 is 11.2 Å². The van der Waals surface area contributed by atoms with Crippen molar-refractivity contribution in [3.05, 3.63) is 36.4 Å². The minimum Gasteiger partial charge on any atom is -0.507 e. The van der Waals surface area contributed by atoms with Crippen LogP contribution in [0, 0.1) is 5.95 Å². The van der Waals surface area contributed by atoms with Gasteiger partial charge in [-0.3, -0.25) is 5.10 Å². The maximum Gasteiger partial charge on any atom is 0.216 e. The fourth-order valence-electron chi connectivity index (χ4n) is 4.96. The summed E-state index contributed by atoms with van der Waals surface area (Å²) in [6, 6.07) is 6.76. The monoisotopic (exact) mass is 436 g/mol. The van der Waals surface area contributed by atoms with Crippen molar-refractivity contribution in [2.75, 3.05) is 0 Å². The summed E-state index contributed by atoms with van der Waals surface area (Å²) in [6.07, 6.45) is 3.16. The lowest BCUT2D eigenvalue weighted by Crippen LogP contribution is -2.58. The van der Waals surface area contributed by atoms with E-state index >= 15 is 0 Å². The van der Waals surface area contributed by atoms with Gasteiger partial charge >= 0.3 is 0 Å². The summed E-state index contributed by atoms with van der Waals surface area (Å²) in [7, 11) is 0. The average Bonchev–Trinajstić information content (AvgIpc) is 3.31. The van der Waals surface area contributed by atoms with Crippen LogP contribution in [-0.2, 0) is 0 Å². The predicted molar refractivity (Wildman–Crippen MR) is 117 cm³/mol. The zero-order chi connectivity index (χ0) is 22.7. The van der Waals surface area contributed by atoms with Crippen LogP contribution in [0.15, 0.2) is 30.5 Å². The second kappa shape index (κ2) is 7.06. The molecule has 166 valence electrons. The molecule has 1 saturated heterocycles. The van der Waals surface area contributed by atoms with Crippen LogP contribution in [0.2, 0.25) is 0 Å². The van der Waals surface area contributed by atoms with Crippen LogP contribution in [0.5, 0.6) is 5.75 Å². The fourth-order valence-corrected chi connectivity index (χ4v) is 4.96. The Labute approximate surface area is 184 Å². The lowest BCUT2D eigenvalue weighted by Gasteiger charge is -2.46.